The number of β-amino-alcohol motifs (C(OH)–C–C–N with tert-alkyl or cyclic N) is 1. The van der Waals surface area contributed by atoms with Gasteiger partial charge >= 0.3 is 0 Å². The number of anilines is 1. The van der Waals surface area contributed by atoms with E-state index in [1.54, 1.807) is 0 Å². The quantitative estimate of drug-likeness (QED) is 0.381. The summed E-state index contributed by atoms with van der Waals surface area (Å²) in [5.74, 6) is 3.07. The van der Waals surface area contributed by atoms with Gasteiger partial charge in [-0.05, 0) is 31.2 Å². The first-order chi connectivity index (χ1) is 17.7. The third-order valence-corrected chi connectivity index (χ3v) is 6.34. The van der Waals surface area contributed by atoms with E-state index in [0.29, 0.717) is 24.7 Å². The van der Waals surface area contributed by atoms with Crippen molar-refractivity contribution in [2.45, 2.75) is 13.0 Å². The minimum Gasteiger partial charge on any atom is -0.490 e. The average molecular weight is 485 g/mol. The van der Waals surface area contributed by atoms with Gasteiger partial charge in [-0.2, -0.15) is 0 Å². The lowest BCUT2D eigenvalue weighted by molar-refractivity contribution is 0.0651. The second kappa shape index (κ2) is 11.4. The van der Waals surface area contributed by atoms with Crippen LogP contribution in [-0.2, 0) is 0 Å². The molecule has 1 aliphatic rings. The smallest absolute Gasteiger partial charge is 0.162 e. The predicted octanol–water partition coefficient (Wildman–Crippen LogP) is 4.26. The Hall–Kier alpha value is -3.68. The maximum absolute atomic E-state index is 10.6. The third-order valence-electron chi connectivity index (χ3n) is 6.34. The molecule has 0 radical (unpaired) electrons. The Morgan fingerprint density at radius 1 is 0.806 bits per heavy atom. The van der Waals surface area contributed by atoms with E-state index in [9.17, 15) is 5.11 Å². The van der Waals surface area contributed by atoms with Crippen molar-refractivity contribution in [1.29, 1.82) is 0 Å². The maximum Gasteiger partial charge on any atom is 0.162 e. The Morgan fingerprint density at radius 2 is 1.47 bits per heavy atom. The summed E-state index contributed by atoms with van der Waals surface area (Å²) in [7, 11) is 0. The number of hydrogen-bond donors (Lipinski definition) is 1. The van der Waals surface area contributed by atoms with Crippen LogP contribution in [0.5, 0.6) is 11.5 Å². The SMILES string of the molecule is CCOc1ccccc1OCC(O)CN1CCN(c2nc(-c3ccccc3)nc3ccccc23)CC1. The van der Waals surface area contributed by atoms with E-state index in [0.717, 1.165) is 54.3 Å². The molecule has 36 heavy (non-hydrogen) atoms. The first-order valence-electron chi connectivity index (χ1n) is 12.5. The lowest BCUT2D eigenvalue weighted by Crippen LogP contribution is -2.49. The summed E-state index contributed by atoms with van der Waals surface area (Å²) in [5.41, 5.74) is 1.96. The Morgan fingerprint density at radius 3 is 2.22 bits per heavy atom. The van der Waals surface area contributed by atoms with Crippen molar-refractivity contribution < 1.29 is 14.6 Å². The number of aliphatic hydroxyl groups is 1. The molecule has 1 saturated heterocycles. The topological polar surface area (TPSA) is 71.0 Å². The van der Waals surface area contributed by atoms with Crippen LogP contribution in [0.1, 0.15) is 6.92 Å². The third kappa shape index (κ3) is 5.58. The molecule has 0 aliphatic carbocycles. The van der Waals surface area contributed by atoms with Crippen molar-refractivity contribution in [2.24, 2.45) is 0 Å². The van der Waals surface area contributed by atoms with Crippen molar-refractivity contribution in [3.8, 4) is 22.9 Å². The Kier molecular flexibility index (Phi) is 7.59. The van der Waals surface area contributed by atoms with Crippen LogP contribution in [-0.4, -0.2) is 72.0 Å². The number of fused-ring (bicyclic) bond motifs is 1. The largest absolute Gasteiger partial charge is 0.490 e. The zero-order valence-electron chi connectivity index (χ0n) is 20.6. The van der Waals surface area contributed by atoms with Crippen molar-refractivity contribution in [3.05, 3.63) is 78.9 Å². The Bertz CT molecular complexity index is 1280. The van der Waals surface area contributed by atoms with Gasteiger partial charge in [-0.15, -0.1) is 0 Å². The van der Waals surface area contributed by atoms with Gasteiger partial charge in [0.1, 0.15) is 18.5 Å². The summed E-state index contributed by atoms with van der Waals surface area (Å²) in [6, 6.07) is 25.9. The summed E-state index contributed by atoms with van der Waals surface area (Å²) in [6.07, 6.45) is -0.587. The highest BCUT2D eigenvalue weighted by atomic mass is 16.5. The number of piperazine rings is 1. The van der Waals surface area contributed by atoms with E-state index < -0.39 is 6.10 Å². The number of nitrogens with zero attached hydrogens (tertiary/aromatic N) is 4. The Labute approximate surface area is 211 Å². The van der Waals surface area contributed by atoms with Crippen LogP contribution >= 0.6 is 0 Å². The highest BCUT2D eigenvalue weighted by Crippen LogP contribution is 2.29. The Balaban J connectivity index is 1.22. The number of ether oxygens (including phenoxy) is 2. The molecular weight excluding hydrogens is 452 g/mol. The number of benzene rings is 3. The highest BCUT2D eigenvalue weighted by molar-refractivity contribution is 5.91. The van der Waals surface area contributed by atoms with E-state index in [1.165, 1.54) is 0 Å². The maximum atomic E-state index is 10.6. The fourth-order valence-electron chi connectivity index (χ4n) is 4.54. The van der Waals surface area contributed by atoms with Crippen molar-refractivity contribution in [3.63, 3.8) is 0 Å². The van der Waals surface area contributed by atoms with Crippen LogP contribution < -0.4 is 14.4 Å². The molecule has 3 aromatic carbocycles. The first kappa shape index (κ1) is 24.0. The molecule has 0 saturated carbocycles. The normalized spacial score (nSPS) is 15.1. The summed E-state index contributed by atoms with van der Waals surface area (Å²) in [4.78, 5) is 14.4. The molecule has 1 unspecified atom stereocenters. The molecule has 0 spiro atoms. The van der Waals surface area contributed by atoms with E-state index in [2.05, 4.69) is 15.9 Å². The van der Waals surface area contributed by atoms with Crippen LogP contribution in [0.3, 0.4) is 0 Å². The zero-order chi connectivity index (χ0) is 24.7. The molecule has 0 amide bonds. The lowest BCUT2D eigenvalue weighted by atomic mass is 10.1. The minimum atomic E-state index is -0.587. The fraction of sp³-hybridized carbons (Fsp3) is 0.310. The highest BCUT2D eigenvalue weighted by Gasteiger charge is 2.23. The van der Waals surface area contributed by atoms with E-state index in [-0.39, 0.29) is 6.61 Å². The molecule has 1 atom stereocenters. The van der Waals surface area contributed by atoms with Crippen LogP contribution in [0, 0.1) is 0 Å². The molecular formula is C29H32N4O3. The van der Waals surface area contributed by atoms with Gasteiger partial charge in [0.15, 0.2) is 17.3 Å². The van der Waals surface area contributed by atoms with Crippen molar-refractivity contribution in [1.82, 2.24) is 14.9 Å². The molecule has 1 aromatic heterocycles. The van der Waals surface area contributed by atoms with E-state index in [1.807, 2.05) is 79.7 Å². The van der Waals surface area contributed by atoms with Crippen LogP contribution in [0.25, 0.3) is 22.3 Å². The van der Waals surface area contributed by atoms with Gasteiger partial charge in [-0.1, -0.05) is 54.6 Å². The monoisotopic (exact) mass is 484 g/mol. The second-order valence-corrected chi connectivity index (χ2v) is 8.89. The fourth-order valence-corrected chi connectivity index (χ4v) is 4.54. The number of aliphatic hydroxyl groups excluding tert-OH is 1. The second-order valence-electron chi connectivity index (χ2n) is 8.89. The zero-order valence-corrected chi connectivity index (χ0v) is 20.6. The van der Waals surface area contributed by atoms with E-state index >= 15 is 0 Å². The number of rotatable bonds is 9. The number of aromatic nitrogens is 2. The van der Waals surface area contributed by atoms with Gasteiger partial charge in [-0.3, -0.25) is 4.90 Å². The van der Waals surface area contributed by atoms with Gasteiger partial charge < -0.3 is 19.5 Å². The molecule has 5 rings (SSSR count). The van der Waals surface area contributed by atoms with Crippen LogP contribution in [0.4, 0.5) is 5.82 Å². The van der Waals surface area contributed by atoms with Gasteiger partial charge in [-0.25, -0.2) is 9.97 Å². The van der Waals surface area contributed by atoms with Gasteiger partial charge in [0.2, 0.25) is 0 Å². The van der Waals surface area contributed by atoms with E-state index in [4.69, 9.17) is 19.4 Å². The minimum absolute atomic E-state index is 0.223. The standard InChI is InChI=1S/C29H32N4O3/c1-2-35-26-14-8-9-15-27(26)36-21-23(34)20-32-16-18-33(19-17-32)29-24-12-6-7-13-25(24)30-28(31-29)22-10-4-3-5-11-22/h3-15,23,34H,2,16-21H2,1H3. The average Bonchev–Trinajstić information content (AvgIpc) is 2.93. The summed E-state index contributed by atoms with van der Waals surface area (Å²) < 4.78 is 11.5. The summed E-state index contributed by atoms with van der Waals surface area (Å²) in [5, 5.41) is 11.7. The molecule has 1 N–H and O–H groups in total. The van der Waals surface area contributed by atoms with Crippen molar-refractivity contribution in [2.75, 3.05) is 50.8 Å². The first-order valence-corrected chi connectivity index (χ1v) is 12.5. The molecule has 4 aromatic rings. The summed E-state index contributed by atoms with van der Waals surface area (Å²) >= 11 is 0. The summed E-state index contributed by atoms with van der Waals surface area (Å²) in [6.45, 7) is 6.63. The number of para-hydroxylation sites is 3. The predicted molar refractivity (Wildman–Crippen MR) is 143 cm³/mol. The number of hydrogen-bond acceptors (Lipinski definition) is 7. The van der Waals surface area contributed by atoms with Gasteiger partial charge in [0.05, 0.1) is 12.1 Å². The molecule has 7 nitrogen and oxygen atoms in total. The lowest BCUT2D eigenvalue weighted by Gasteiger charge is -2.36. The molecule has 0 bridgehead atoms. The molecule has 7 heteroatoms. The molecule has 186 valence electrons. The van der Waals surface area contributed by atoms with Crippen LogP contribution in [0.15, 0.2) is 78.9 Å². The van der Waals surface area contributed by atoms with Crippen molar-refractivity contribution >= 4 is 16.7 Å². The molecule has 1 aliphatic heterocycles. The van der Waals surface area contributed by atoms with Gasteiger partial charge in [0.25, 0.3) is 0 Å². The molecule has 2 heterocycles. The van der Waals surface area contributed by atoms with Gasteiger partial charge in [0, 0.05) is 43.7 Å². The van der Waals surface area contributed by atoms with Crippen LogP contribution in [0.2, 0.25) is 0 Å². The molecule has 1 fully saturated rings.